The third-order valence-electron chi connectivity index (χ3n) is 5.61. The lowest BCUT2D eigenvalue weighted by atomic mass is 10.2. The predicted octanol–water partition coefficient (Wildman–Crippen LogP) is 2.94. The van der Waals surface area contributed by atoms with E-state index in [1.54, 1.807) is 35.4 Å². The van der Waals surface area contributed by atoms with Gasteiger partial charge in [0.05, 0.1) is 18.4 Å². The number of likely N-dealkylation sites (N-methyl/N-ethyl adjacent to an activating group) is 1. The summed E-state index contributed by atoms with van der Waals surface area (Å²) in [5.41, 5.74) is 2.59. The van der Waals surface area contributed by atoms with Gasteiger partial charge < -0.3 is 9.80 Å². The van der Waals surface area contributed by atoms with E-state index in [4.69, 9.17) is 11.6 Å². The normalized spacial score (nSPS) is 14.4. The molecular formula is C24H26ClN5O2. The molecule has 2 aromatic carbocycles. The van der Waals surface area contributed by atoms with Crippen LogP contribution in [0.4, 0.5) is 0 Å². The first-order valence-electron chi connectivity index (χ1n) is 10.6. The molecule has 0 bridgehead atoms. The average molecular weight is 452 g/mol. The Balaban J connectivity index is 1.25. The lowest BCUT2D eigenvalue weighted by Gasteiger charge is -2.35. The number of amides is 2. The lowest BCUT2D eigenvalue weighted by molar-refractivity contribution is -0.132. The SMILES string of the molecule is CN(Cc1cnn(-c2ccccc2)c1)C(=O)CN1CCN(C(=O)c2ccc(Cl)cc2)CC1. The first-order valence-corrected chi connectivity index (χ1v) is 11.0. The van der Waals surface area contributed by atoms with Gasteiger partial charge in [-0.25, -0.2) is 4.68 Å². The molecule has 1 aliphatic rings. The Morgan fingerprint density at radius 2 is 1.69 bits per heavy atom. The third kappa shape index (κ3) is 5.36. The zero-order valence-electron chi connectivity index (χ0n) is 18.0. The Hall–Kier alpha value is -3.16. The van der Waals surface area contributed by atoms with Crippen LogP contribution < -0.4 is 0 Å². The second-order valence-electron chi connectivity index (χ2n) is 7.95. The highest BCUT2D eigenvalue weighted by Crippen LogP contribution is 2.14. The number of carbonyl (C=O) groups excluding carboxylic acids is 2. The molecule has 7 nitrogen and oxygen atoms in total. The molecule has 2 heterocycles. The van der Waals surface area contributed by atoms with Crippen LogP contribution in [0.2, 0.25) is 5.02 Å². The summed E-state index contributed by atoms with van der Waals surface area (Å²) in [6, 6.07) is 16.8. The summed E-state index contributed by atoms with van der Waals surface area (Å²) in [4.78, 5) is 31.0. The van der Waals surface area contributed by atoms with Crippen molar-refractivity contribution in [3.05, 3.63) is 83.1 Å². The van der Waals surface area contributed by atoms with E-state index in [2.05, 4.69) is 10.00 Å². The molecule has 0 saturated carbocycles. The maximum atomic E-state index is 12.7. The van der Waals surface area contributed by atoms with Gasteiger partial charge >= 0.3 is 0 Å². The number of hydrogen-bond acceptors (Lipinski definition) is 4. The van der Waals surface area contributed by atoms with E-state index in [0.29, 0.717) is 49.9 Å². The predicted molar refractivity (Wildman–Crippen MR) is 124 cm³/mol. The van der Waals surface area contributed by atoms with Gasteiger partial charge in [0.25, 0.3) is 5.91 Å². The average Bonchev–Trinajstić information content (AvgIpc) is 3.28. The van der Waals surface area contributed by atoms with Gasteiger partial charge in [-0.2, -0.15) is 5.10 Å². The number of rotatable bonds is 6. The molecule has 1 saturated heterocycles. The zero-order valence-corrected chi connectivity index (χ0v) is 18.8. The van der Waals surface area contributed by atoms with Gasteiger partial charge in [0.2, 0.25) is 5.91 Å². The van der Waals surface area contributed by atoms with E-state index in [9.17, 15) is 9.59 Å². The largest absolute Gasteiger partial charge is 0.340 e. The van der Waals surface area contributed by atoms with E-state index in [-0.39, 0.29) is 11.8 Å². The van der Waals surface area contributed by atoms with Gasteiger partial charge in [-0.3, -0.25) is 14.5 Å². The molecule has 1 fully saturated rings. The number of para-hydroxylation sites is 1. The molecule has 1 aromatic heterocycles. The molecule has 3 aromatic rings. The van der Waals surface area contributed by atoms with Crippen LogP contribution in [0.5, 0.6) is 0 Å². The Labute approximate surface area is 192 Å². The number of piperazine rings is 1. The van der Waals surface area contributed by atoms with E-state index in [0.717, 1.165) is 11.3 Å². The molecule has 1 aliphatic heterocycles. The molecule has 0 spiro atoms. The summed E-state index contributed by atoms with van der Waals surface area (Å²) in [5, 5.41) is 5.01. The number of aromatic nitrogens is 2. The second kappa shape index (κ2) is 9.97. The van der Waals surface area contributed by atoms with Gasteiger partial charge in [-0.05, 0) is 36.4 Å². The van der Waals surface area contributed by atoms with E-state index in [1.807, 2.05) is 53.2 Å². The highest BCUT2D eigenvalue weighted by molar-refractivity contribution is 6.30. The number of hydrogen-bond donors (Lipinski definition) is 0. The summed E-state index contributed by atoms with van der Waals surface area (Å²) in [6.07, 6.45) is 3.73. The van der Waals surface area contributed by atoms with Crippen LogP contribution in [0.15, 0.2) is 67.0 Å². The van der Waals surface area contributed by atoms with Crippen LogP contribution in [-0.4, -0.2) is 76.1 Å². The molecule has 32 heavy (non-hydrogen) atoms. The summed E-state index contributed by atoms with van der Waals surface area (Å²) in [7, 11) is 1.81. The van der Waals surface area contributed by atoms with Crippen molar-refractivity contribution in [3.63, 3.8) is 0 Å². The van der Waals surface area contributed by atoms with Crippen LogP contribution in [-0.2, 0) is 11.3 Å². The van der Waals surface area contributed by atoms with E-state index in [1.165, 1.54) is 0 Å². The molecule has 0 radical (unpaired) electrons. The van der Waals surface area contributed by atoms with Crippen LogP contribution in [0.25, 0.3) is 5.69 Å². The molecule has 0 atom stereocenters. The number of carbonyl (C=O) groups is 2. The fourth-order valence-electron chi connectivity index (χ4n) is 3.72. The molecule has 0 unspecified atom stereocenters. The topological polar surface area (TPSA) is 61.7 Å². The Morgan fingerprint density at radius 1 is 1.00 bits per heavy atom. The smallest absolute Gasteiger partial charge is 0.253 e. The third-order valence-corrected chi connectivity index (χ3v) is 5.86. The fourth-order valence-corrected chi connectivity index (χ4v) is 3.85. The molecule has 2 amide bonds. The van der Waals surface area contributed by atoms with Crippen molar-refractivity contribution in [3.8, 4) is 5.69 Å². The number of benzene rings is 2. The van der Waals surface area contributed by atoms with Crippen LogP contribution in [0.3, 0.4) is 0 Å². The minimum absolute atomic E-state index is 0.000175. The van der Waals surface area contributed by atoms with Crippen molar-refractivity contribution in [2.24, 2.45) is 0 Å². The first kappa shape index (κ1) is 22.0. The van der Waals surface area contributed by atoms with E-state index < -0.39 is 0 Å². The Bertz CT molecular complexity index is 1060. The van der Waals surface area contributed by atoms with Gasteiger partial charge in [0.1, 0.15) is 0 Å². The molecule has 0 N–H and O–H groups in total. The zero-order chi connectivity index (χ0) is 22.5. The van der Waals surface area contributed by atoms with Gasteiger partial charge in [0.15, 0.2) is 0 Å². The minimum atomic E-state index is 0.000175. The Morgan fingerprint density at radius 3 is 2.38 bits per heavy atom. The molecule has 166 valence electrons. The summed E-state index contributed by atoms with van der Waals surface area (Å²) < 4.78 is 1.81. The monoisotopic (exact) mass is 451 g/mol. The Kier molecular flexibility index (Phi) is 6.87. The standard InChI is InChI=1S/C24H26ClN5O2/c1-27(16-19-15-26-30(17-19)22-5-3-2-4-6-22)23(31)18-28-11-13-29(14-12-28)24(32)20-7-9-21(25)10-8-20/h2-10,15,17H,11-14,16,18H2,1H3. The minimum Gasteiger partial charge on any atom is -0.340 e. The number of nitrogens with zero attached hydrogens (tertiary/aromatic N) is 5. The highest BCUT2D eigenvalue weighted by Gasteiger charge is 2.24. The maximum Gasteiger partial charge on any atom is 0.253 e. The second-order valence-corrected chi connectivity index (χ2v) is 8.39. The van der Waals surface area contributed by atoms with Crippen molar-refractivity contribution < 1.29 is 9.59 Å². The van der Waals surface area contributed by atoms with E-state index >= 15 is 0 Å². The van der Waals surface area contributed by atoms with Crippen molar-refractivity contribution in [1.29, 1.82) is 0 Å². The van der Waals surface area contributed by atoms with Crippen molar-refractivity contribution in [2.45, 2.75) is 6.54 Å². The maximum absolute atomic E-state index is 12.7. The fraction of sp³-hybridized carbons (Fsp3) is 0.292. The molecule has 8 heteroatoms. The van der Waals surface area contributed by atoms with Crippen molar-refractivity contribution in [2.75, 3.05) is 39.8 Å². The number of halogens is 1. The van der Waals surface area contributed by atoms with Gasteiger partial charge in [0, 0.05) is 62.1 Å². The molecule has 4 rings (SSSR count). The molecule has 0 aliphatic carbocycles. The van der Waals surface area contributed by atoms with Gasteiger partial charge in [-0.15, -0.1) is 0 Å². The summed E-state index contributed by atoms with van der Waals surface area (Å²) in [6.45, 7) is 3.38. The van der Waals surface area contributed by atoms with Crippen molar-refractivity contribution >= 4 is 23.4 Å². The molecular weight excluding hydrogens is 426 g/mol. The first-order chi connectivity index (χ1) is 15.5. The summed E-state index contributed by atoms with van der Waals surface area (Å²) in [5.74, 6) is 0.0510. The van der Waals surface area contributed by atoms with Gasteiger partial charge in [-0.1, -0.05) is 29.8 Å². The lowest BCUT2D eigenvalue weighted by Crippen LogP contribution is -2.51. The van der Waals surface area contributed by atoms with Crippen LogP contribution >= 0.6 is 11.6 Å². The van der Waals surface area contributed by atoms with Crippen LogP contribution in [0.1, 0.15) is 15.9 Å². The van der Waals surface area contributed by atoms with Crippen molar-refractivity contribution in [1.82, 2.24) is 24.5 Å². The van der Waals surface area contributed by atoms with Crippen LogP contribution in [0, 0.1) is 0 Å². The summed E-state index contributed by atoms with van der Waals surface area (Å²) >= 11 is 5.90. The quantitative estimate of drug-likeness (QED) is 0.578. The highest BCUT2D eigenvalue weighted by atomic mass is 35.5.